The van der Waals surface area contributed by atoms with Gasteiger partial charge in [-0.05, 0) is 42.0 Å². The molecule has 0 aliphatic heterocycles. The third kappa shape index (κ3) is 3.47. The Kier molecular flexibility index (Phi) is 4.78. The Morgan fingerprint density at radius 3 is 2.00 bits per heavy atom. The average Bonchev–Trinajstić information content (AvgIpc) is 3.36. The van der Waals surface area contributed by atoms with E-state index in [1.54, 1.807) is 34.8 Å². The van der Waals surface area contributed by atoms with Gasteiger partial charge in [0.25, 0.3) is 5.69 Å². The molecular weight excluding hydrogens is 438 g/mol. The molecule has 3 aromatic carbocycles. The van der Waals surface area contributed by atoms with Crippen molar-refractivity contribution in [3.05, 3.63) is 97.4 Å². The van der Waals surface area contributed by atoms with E-state index in [1.807, 2.05) is 54.6 Å². The van der Waals surface area contributed by atoms with Gasteiger partial charge in [0.15, 0.2) is 0 Å². The molecule has 0 aliphatic carbocycles. The minimum atomic E-state index is -0.477. The molecule has 0 bridgehead atoms. The number of fused-ring (bicyclic) bond motifs is 2. The number of thiazole rings is 2. The van der Waals surface area contributed by atoms with E-state index in [4.69, 9.17) is 21.6 Å². The van der Waals surface area contributed by atoms with Gasteiger partial charge in [-0.3, -0.25) is 10.1 Å². The van der Waals surface area contributed by atoms with Crippen molar-refractivity contribution >= 4 is 72.0 Å². The fourth-order valence-corrected chi connectivity index (χ4v) is 5.33. The summed E-state index contributed by atoms with van der Waals surface area (Å²) < 4.78 is 2.14. The van der Waals surface area contributed by atoms with Gasteiger partial charge in [0.2, 0.25) is 0 Å². The molecule has 0 unspecified atom stereocenters. The van der Waals surface area contributed by atoms with E-state index in [-0.39, 0.29) is 10.7 Å². The molecule has 146 valence electrons. The monoisotopic (exact) mass is 449 g/mol. The van der Waals surface area contributed by atoms with Crippen molar-refractivity contribution in [1.82, 2.24) is 9.97 Å². The number of hydrogen-bond donors (Lipinski definition) is 0. The Hall–Kier alpha value is -3.13. The molecule has 0 fully saturated rings. The summed E-state index contributed by atoms with van der Waals surface area (Å²) in [4.78, 5) is 20.4. The SMILES string of the molecule is O=[N+]([O-])c1cc(C=C(c2nc3ccccc3s2)c2nc3ccccc3s2)ccc1Cl. The van der Waals surface area contributed by atoms with Gasteiger partial charge in [0.05, 0.1) is 25.4 Å². The second-order valence-corrected chi connectivity index (χ2v) is 8.97. The van der Waals surface area contributed by atoms with Gasteiger partial charge in [-0.15, -0.1) is 22.7 Å². The summed E-state index contributed by atoms with van der Waals surface area (Å²) in [6.07, 6.45) is 1.89. The zero-order chi connectivity index (χ0) is 20.7. The van der Waals surface area contributed by atoms with Gasteiger partial charge in [-0.1, -0.05) is 41.9 Å². The number of benzene rings is 3. The lowest BCUT2D eigenvalue weighted by atomic mass is 10.1. The fourth-order valence-electron chi connectivity index (χ4n) is 3.12. The number of nitro benzene ring substituents is 1. The normalized spacial score (nSPS) is 11.1. The quantitative estimate of drug-likeness (QED) is 0.217. The van der Waals surface area contributed by atoms with E-state index in [0.717, 1.165) is 36.0 Å². The molecule has 0 atom stereocenters. The molecule has 5 aromatic rings. The van der Waals surface area contributed by atoms with Crippen molar-refractivity contribution in [2.75, 3.05) is 0 Å². The summed E-state index contributed by atoms with van der Waals surface area (Å²) in [7, 11) is 0. The summed E-state index contributed by atoms with van der Waals surface area (Å²) in [5.41, 5.74) is 3.19. The first-order valence-corrected chi connectivity index (χ1v) is 11.0. The number of nitro groups is 1. The lowest BCUT2D eigenvalue weighted by Crippen LogP contribution is -1.91. The summed E-state index contributed by atoms with van der Waals surface area (Å²) >= 11 is 9.13. The van der Waals surface area contributed by atoms with Crippen LogP contribution in [-0.2, 0) is 0 Å². The summed E-state index contributed by atoms with van der Waals surface area (Å²) in [6.45, 7) is 0. The number of halogens is 1. The molecule has 5 nitrogen and oxygen atoms in total. The topological polar surface area (TPSA) is 68.9 Å². The van der Waals surface area contributed by atoms with Gasteiger partial charge in [0, 0.05) is 11.6 Å². The van der Waals surface area contributed by atoms with Crippen LogP contribution in [0.1, 0.15) is 15.6 Å². The Labute approximate surface area is 184 Å². The highest BCUT2D eigenvalue weighted by atomic mass is 35.5. The van der Waals surface area contributed by atoms with Crippen LogP contribution < -0.4 is 0 Å². The molecule has 0 aliphatic rings. The Morgan fingerprint density at radius 1 is 0.900 bits per heavy atom. The Balaban J connectivity index is 1.72. The van der Waals surface area contributed by atoms with Gasteiger partial charge in [-0.2, -0.15) is 0 Å². The lowest BCUT2D eigenvalue weighted by molar-refractivity contribution is -0.384. The molecule has 2 heterocycles. The van der Waals surface area contributed by atoms with E-state index >= 15 is 0 Å². The van der Waals surface area contributed by atoms with Crippen LogP contribution in [0.2, 0.25) is 5.02 Å². The van der Waals surface area contributed by atoms with Gasteiger partial charge < -0.3 is 0 Å². The van der Waals surface area contributed by atoms with Crippen molar-refractivity contribution < 1.29 is 4.92 Å². The lowest BCUT2D eigenvalue weighted by Gasteiger charge is -2.02. The molecule has 2 aromatic heterocycles. The number of nitrogens with zero attached hydrogens (tertiary/aromatic N) is 3. The van der Waals surface area contributed by atoms with Gasteiger partial charge >= 0.3 is 0 Å². The standard InChI is InChI=1S/C22H12ClN3O2S2/c23-15-10-9-13(12-18(15)26(27)28)11-14(21-24-16-5-1-3-7-19(16)29-21)22-25-17-6-2-4-8-20(17)30-22/h1-12H. The molecule has 0 N–H and O–H groups in total. The summed E-state index contributed by atoms with van der Waals surface area (Å²) in [5.74, 6) is 0. The fraction of sp³-hybridized carbons (Fsp3) is 0. The zero-order valence-electron chi connectivity index (χ0n) is 15.3. The first-order valence-electron chi connectivity index (χ1n) is 8.96. The smallest absolute Gasteiger partial charge is 0.258 e. The average molecular weight is 450 g/mol. The number of para-hydroxylation sites is 2. The largest absolute Gasteiger partial charge is 0.288 e. The second kappa shape index (κ2) is 7.60. The zero-order valence-corrected chi connectivity index (χ0v) is 17.7. The maximum absolute atomic E-state index is 11.3. The highest BCUT2D eigenvalue weighted by molar-refractivity contribution is 7.22. The third-order valence-electron chi connectivity index (χ3n) is 4.53. The Bertz CT molecular complexity index is 1310. The first kappa shape index (κ1) is 18.9. The predicted molar refractivity (Wildman–Crippen MR) is 124 cm³/mol. The van der Waals surface area contributed by atoms with Crippen LogP contribution in [0.3, 0.4) is 0 Å². The highest BCUT2D eigenvalue weighted by Gasteiger charge is 2.17. The van der Waals surface area contributed by atoms with Crippen LogP contribution in [0, 0.1) is 10.1 Å². The van der Waals surface area contributed by atoms with Gasteiger partial charge in [0.1, 0.15) is 15.0 Å². The van der Waals surface area contributed by atoms with E-state index in [2.05, 4.69) is 0 Å². The van der Waals surface area contributed by atoms with Crippen LogP contribution in [-0.4, -0.2) is 14.9 Å². The van der Waals surface area contributed by atoms with Gasteiger partial charge in [-0.25, -0.2) is 9.97 Å². The molecule has 0 saturated carbocycles. The minimum absolute atomic E-state index is 0.110. The third-order valence-corrected chi connectivity index (χ3v) is 6.99. The van der Waals surface area contributed by atoms with E-state index in [9.17, 15) is 10.1 Å². The Morgan fingerprint density at radius 2 is 1.47 bits per heavy atom. The van der Waals surface area contributed by atoms with Crippen LogP contribution >= 0.6 is 34.3 Å². The van der Waals surface area contributed by atoms with Crippen LogP contribution in [0.15, 0.2) is 66.7 Å². The molecule has 0 saturated heterocycles. The number of hydrogen-bond acceptors (Lipinski definition) is 6. The minimum Gasteiger partial charge on any atom is -0.258 e. The van der Waals surface area contributed by atoms with Crippen molar-refractivity contribution in [3.8, 4) is 0 Å². The summed E-state index contributed by atoms with van der Waals surface area (Å²) in [5, 5.41) is 13.1. The highest BCUT2D eigenvalue weighted by Crippen LogP contribution is 2.37. The van der Waals surface area contributed by atoms with Crippen molar-refractivity contribution in [2.45, 2.75) is 0 Å². The van der Waals surface area contributed by atoms with Crippen molar-refractivity contribution in [2.24, 2.45) is 0 Å². The van der Waals surface area contributed by atoms with Crippen LogP contribution in [0.4, 0.5) is 5.69 Å². The molecular formula is C22H12ClN3O2S2. The van der Waals surface area contributed by atoms with Crippen LogP contribution in [0.5, 0.6) is 0 Å². The second-order valence-electron chi connectivity index (χ2n) is 6.50. The van der Waals surface area contributed by atoms with Crippen molar-refractivity contribution in [1.29, 1.82) is 0 Å². The molecule has 30 heavy (non-hydrogen) atoms. The first-order chi connectivity index (χ1) is 14.6. The van der Waals surface area contributed by atoms with E-state index in [1.165, 1.54) is 6.07 Å². The molecule has 8 heteroatoms. The molecule has 0 radical (unpaired) electrons. The maximum atomic E-state index is 11.3. The maximum Gasteiger partial charge on any atom is 0.288 e. The molecule has 5 rings (SSSR count). The molecule has 0 spiro atoms. The van der Waals surface area contributed by atoms with Crippen molar-refractivity contribution in [3.63, 3.8) is 0 Å². The van der Waals surface area contributed by atoms with Crippen LogP contribution in [0.25, 0.3) is 32.1 Å². The number of aromatic nitrogens is 2. The molecule has 0 amide bonds. The van der Waals surface area contributed by atoms with E-state index < -0.39 is 4.92 Å². The predicted octanol–water partition coefficient (Wildman–Crippen LogP) is 7.06. The number of rotatable bonds is 4. The van der Waals surface area contributed by atoms with E-state index in [0.29, 0.717) is 5.56 Å². The summed E-state index contributed by atoms with van der Waals surface area (Å²) in [6, 6.07) is 20.6.